The molecule has 0 saturated carbocycles. The molecule has 1 unspecified atom stereocenters. The van der Waals surface area contributed by atoms with Crippen molar-refractivity contribution >= 4 is 34.8 Å². The number of hydrogen-bond acceptors (Lipinski definition) is 3. The standard InChI is InChI=1S/C21H19Cl2F3N2O2/c1-2-3-10-27-19(29)14-6-4-13(5-7-14)18-12-20(30-28-18,21(24,25)26)15-8-9-16(22)17(23)11-15/h4-9,11-12,28H,2-3,10H2,1H3,(H,27,29). The van der Waals surface area contributed by atoms with Crippen molar-refractivity contribution < 1.29 is 22.8 Å². The van der Waals surface area contributed by atoms with Crippen molar-refractivity contribution in [3.8, 4) is 0 Å². The summed E-state index contributed by atoms with van der Waals surface area (Å²) in [5.74, 6) is -0.236. The number of hydrogen-bond donors (Lipinski definition) is 2. The third kappa shape index (κ3) is 4.43. The molecule has 2 aromatic rings. The first kappa shape index (κ1) is 22.5. The Balaban J connectivity index is 1.90. The van der Waals surface area contributed by atoms with Crippen LogP contribution in [0, 0.1) is 0 Å². The summed E-state index contributed by atoms with van der Waals surface area (Å²) >= 11 is 11.8. The molecular formula is C21H19Cl2F3N2O2. The van der Waals surface area contributed by atoms with E-state index in [9.17, 15) is 18.0 Å². The van der Waals surface area contributed by atoms with Gasteiger partial charge in [0.2, 0.25) is 5.60 Å². The van der Waals surface area contributed by atoms with Gasteiger partial charge in [-0.25, -0.2) is 0 Å². The number of amides is 1. The number of alkyl halides is 3. The van der Waals surface area contributed by atoms with E-state index in [4.69, 9.17) is 28.0 Å². The van der Waals surface area contributed by atoms with Crippen molar-refractivity contribution in [3.63, 3.8) is 0 Å². The fourth-order valence-corrected chi connectivity index (χ4v) is 3.29. The van der Waals surface area contributed by atoms with E-state index < -0.39 is 11.8 Å². The predicted octanol–water partition coefficient (Wildman–Crippen LogP) is 5.86. The summed E-state index contributed by atoms with van der Waals surface area (Å²) in [5.41, 5.74) is 0.395. The molecular weight excluding hydrogens is 440 g/mol. The van der Waals surface area contributed by atoms with Crippen LogP contribution >= 0.6 is 23.2 Å². The summed E-state index contributed by atoms with van der Waals surface area (Å²) in [7, 11) is 0. The topological polar surface area (TPSA) is 50.4 Å². The molecule has 160 valence electrons. The number of nitrogens with one attached hydrogen (secondary N) is 2. The Morgan fingerprint density at radius 1 is 1.13 bits per heavy atom. The van der Waals surface area contributed by atoms with Gasteiger partial charge in [-0.05, 0) is 42.3 Å². The van der Waals surface area contributed by atoms with Crippen LogP contribution in [0.15, 0.2) is 48.5 Å². The van der Waals surface area contributed by atoms with Gasteiger partial charge in [0.05, 0.1) is 15.7 Å². The lowest BCUT2D eigenvalue weighted by atomic mass is 9.91. The average molecular weight is 459 g/mol. The predicted molar refractivity (Wildman–Crippen MR) is 110 cm³/mol. The molecule has 9 heteroatoms. The molecule has 3 rings (SSSR count). The van der Waals surface area contributed by atoms with Crippen LogP contribution < -0.4 is 10.8 Å². The second-order valence-electron chi connectivity index (χ2n) is 6.81. The molecule has 2 aromatic carbocycles. The van der Waals surface area contributed by atoms with Crippen LogP contribution in [0.1, 0.15) is 41.3 Å². The molecule has 0 aromatic heterocycles. The zero-order chi connectivity index (χ0) is 21.9. The molecule has 1 atom stereocenters. The van der Waals surface area contributed by atoms with Gasteiger partial charge in [0, 0.05) is 17.7 Å². The molecule has 1 heterocycles. The van der Waals surface area contributed by atoms with Crippen molar-refractivity contribution in [2.75, 3.05) is 6.54 Å². The largest absolute Gasteiger partial charge is 0.428 e. The molecule has 1 amide bonds. The van der Waals surface area contributed by atoms with E-state index in [2.05, 4.69) is 10.8 Å². The Kier molecular flexibility index (Phi) is 6.65. The third-order valence-corrected chi connectivity index (χ3v) is 5.45. The number of benzene rings is 2. The SMILES string of the molecule is CCCCNC(=O)c1ccc(C2=CC(c3ccc(Cl)c(Cl)c3)(C(F)(F)F)ON2)cc1. The number of carbonyl (C=O) groups is 1. The average Bonchev–Trinajstić information content (AvgIpc) is 3.17. The van der Waals surface area contributed by atoms with Gasteiger partial charge in [0.15, 0.2) is 0 Å². The molecule has 0 aliphatic carbocycles. The molecule has 4 nitrogen and oxygen atoms in total. The number of unbranched alkanes of at least 4 members (excludes halogenated alkanes) is 1. The maximum atomic E-state index is 14.0. The number of rotatable bonds is 6. The van der Waals surface area contributed by atoms with E-state index in [0.29, 0.717) is 17.7 Å². The van der Waals surface area contributed by atoms with Gasteiger partial charge in [-0.15, -0.1) is 0 Å². The van der Waals surface area contributed by atoms with Crippen molar-refractivity contribution in [1.29, 1.82) is 0 Å². The van der Waals surface area contributed by atoms with Gasteiger partial charge in [-0.1, -0.05) is 54.7 Å². The zero-order valence-electron chi connectivity index (χ0n) is 15.9. The number of halogens is 5. The second-order valence-corrected chi connectivity index (χ2v) is 7.63. The van der Waals surface area contributed by atoms with Crippen molar-refractivity contribution in [2.24, 2.45) is 0 Å². The summed E-state index contributed by atoms with van der Waals surface area (Å²) in [6.07, 6.45) is -1.99. The molecule has 1 aliphatic rings. The summed E-state index contributed by atoms with van der Waals surface area (Å²) in [6.45, 7) is 2.58. The lowest BCUT2D eigenvalue weighted by Gasteiger charge is -2.28. The van der Waals surface area contributed by atoms with Gasteiger partial charge < -0.3 is 5.32 Å². The Morgan fingerprint density at radius 3 is 2.43 bits per heavy atom. The Morgan fingerprint density at radius 2 is 1.83 bits per heavy atom. The minimum atomic E-state index is -4.77. The van der Waals surface area contributed by atoms with E-state index >= 15 is 0 Å². The van der Waals surface area contributed by atoms with E-state index in [1.165, 1.54) is 12.1 Å². The minimum Gasteiger partial charge on any atom is -0.352 e. The van der Waals surface area contributed by atoms with Gasteiger partial charge in [0.25, 0.3) is 5.91 Å². The Hall–Kier alpha value is -2.22. The molecule has 30 heavy (non-hydrogen) atoms. The van der Waals surface area contributed by atoms with Gasteiger partial charge in [0.1, 0.15) is 0 Å². The molecule has 0 saturated heterocycles. The summed E-state index contributed by atoms with van der Waals surface area (Å²) < 4.78 is 42.0. The maximum Gasteiger partial charge on any atom is 0.428 e. The van der Waals surface area contributed by atoms with Crippen molar-refractivity contribution in [3.05, 3.63) is 75.3 Å². The van der Waals surface area contributed by atoms with Crippen LogP contribution in [0.4, 0.5) is 13.2 Å². The molecule has 0 radical (unpaired) electrons. The lowest BCUT2D eigenvalue weighted by Crippen LogP contribution is -2.42. The summed E-state index contributed by atoms with van der Waals surface area (Å²) in [4.78, 5) is 17.1. The quantitative estimate of drug-likeness (QED) is 0.533. The third-order valence-electron chi connectivity index (χ3n) is 4.71. The molecule has 0 bridgehead atoms. The normalized spacial score (nSPS) is 18.7. The monoisotopic (exact) mass is 458 g/mol. The zero-order valence-corrected chi connectivity index (χ0v) is 17.5. The van der Waals surface area contributed by atoms with E-state index in [-0.39, 0.29) is 27.2 Å². The van der Waals surface area contributed by atoms with Crippen molar-refractivity contribution in [2.45, 2.75) is 31.5 Å². The van der Waals surface area contributed by atoms with Crippen LogP contribution in [0.2, 0.25) is 10.0 Å². The number of hydroxylamine groups is 1. The van der Waals surface area contributed by atoms with Crippen LogP contribution in [0.5, 0.6) is 0 Å². The van der Waals surface area contributed by atoms with Crippen LogP contribution in [-0.4, -0.2) is 18.6 Å². The smallest absolute Gasteiger partial charge is 0.352 e. The fraction of sp³-hybridized carbons (Fsp3) is 0.286. The molecule has 0 fully saturated rings. The van der Waals surface area contributed by atoms with Crippen LogP contribution in [0.25, 0.3) is 5.70 Å². The van der Waals surface area contributed by atoms with Gasteiger partial charge >= 0.3 is 6.18 Å². The Bertz CT molecular complexity index is 962. The van der Waals surface area contributed by atoms with Crippen molar-refractivity contribution in [1.82, 2.24) is 10.8 Å². The van der Waals surface area contributed by atoms with Crippen LogP contribution in [0.3, 0.4) is 0 Å². The van der Waals surface area contributed by atoms with Crippen LogP contribution in [-0.2, 0) is 10.4 Å². The molecule has 2 N–H and O–H groups in total. The first-order valence-corrected chi connectivity index (χ1v) is 10.0. The first-order valence-electron chi connectivity index (χ1n) is 9.25. The number of carbonyl (C=O) groups excluding carboxylic acids is 1. The van der Waals surface area contributed by atoms with E-state index in [1.807, 2.05) is 6.92 Å². The van der Waals surface area contributed by atoms with E-state index in [1.54, 1.807) is 24.3 Å². The molecule has 0 spiro atoms. The highest BCUT2D eigenvalue weighted by Crippen LogP contribution is 2.48. The second kappa shape index (κ2) is 8.88. The van der Waals surface area contributed by atoms with E-state index in [0.717, 1.165) is 25.0 Å². The van der Waals surface area contributed by atoms with Gasteiger partial charge in [-0.2, -0.15) is 13.2 Å². The summed E-state index contributed by atoms with van der Waals surface area (Å²) in [6, 6.07) is 9.83. The highest BCUT2D eigenvalue weighted by molar-refractivity contribution is 6.42. The highest BCUT2D eigenvalue weighted by atomic mass is 35.5. The Labute approximate surface area is 182 Å². The van der Waals surface area contributed by atoms with Gasteiger partial charge in [-0.3, -0.25) is 15.1 Å². The minimum absolute atomic E-state index is 0.0123. The highest BCUT2D eigenvalue weighted by Gasteiger charge is 2.59. The molecule has 1 aliphatic heterocycles. The fourth-order valence-electron chi connectivity index (χ4n) is 2.99. The maximum absolute atomic E-state index is 14.0. The summed E-state index contributed by atoms with van der Waals surface area (Å²) in [5, 5.41) is 2.91. The first-order chi connectivity index (χ1) is 14.2. The lowest BCUT2D eigenvalue weighted by molar-refractivity contribution is -0.269.